The lowest BCUT2D eigenvalue weighted by Gasteiger charge is -2.20. The summed E-state index contributed by atoms with van der Waals surface area (Å²) in [7, 11) is -3.24. The van der Waals surface area contributed by atoms with E-state index in [1.807, 2.05) is 20.8 Å². The maximum absolute atomic E-state index is 13.6. The molecule has 0 saturated heterocycles. The van der Waals surface area contributed by atoms with E-state index >= 15 is 0 Å². The summed E-state index contributed by atoms with van der Waals surface area (Å²) in [5.74, 6) is 0.357. The van der Waals surface area contributed by atoms with E-state index in [4.69, 9.17) is 0 Å². The molecule has 0 aliphatic carbocycles. The Hall–Kier alpha value is -2.21. The maximum Gasteiger partial charge on any atom is 0.268 e. The molecule has 1 amide bonds. The molecule has 0 heterocycles. The van der Waals surface area contributed by atoms with Gasteiger partial charge in [-0.25, -0.2) is 13.0 Å². The quantitative estimate of drug-likeness (QED) is 0.858. The molecule has 0 bridgehead atoms. The number of hydrogen-bond acceptors (Lipinski definition) is 2. The van der Waals surface area contributed by atoms with Crippen molar-refractivity contribution in [2.75, 3.05) is 0 Å². The topological polar surface area (TPSA) is 46.2 Å². The molecular weight excluding hydrogens is 332 g/mol. The smallest absolute Gasteiger partial charge is 0.268 e. The largest absolute Gasteiger partial charge is 0.275 e. The number of amides is 1. The van der Waals surface area contributed by atoms with Gasteiger partial charge in [-0.15, -0.1) is 0 Å². The molecule has 6 heteroatoms. The van der Waals surface area contributed by atoms with Gasteiger partial charge in [-0.2, -0.15) is 0 Å². The summed E-state index contributed by atoms with van der Waals surface area (Å²) in [6.07, 6.45) is 0. The molecule has 24 heavy (non-hydrogen) atoms. The molecular formula is C18H19F2NO2S. The maximum atomic E-state index is 13.6. The van der Waals surface area contributed by atoms with Crippen LogP contribution < -0.4 is 4.72 Å². The van der Waals surface area contributed by atoms with E-state index in [2.05, 4.69) is 10.6 Å². The lowest BCUT2D eigenvalue weighted by molar-refractivity contribution is 0.0974. The molecule has 0 radical (unpaired) electrons. The van der Waals surface area contributed by atoms with Crippen LogP contribution in [0.5, 0.6) is 0 Å². The number of benzene rings is 2. The Labute approximate surface area is 140 Å². The SMILES string of the molecule is C=S(=O)(NC(=O)c1c(F)cccc1F)c1ccc(C(C)(C)C)cc1. The Bertz CT molecular complexity index is 847. The van der Waals surface area contributed by atoms with Crippen molar-refractivity contribution in [2.24, 2.45) is 0 Å². The second-order valence-electron chi connectivity index (χ2n) is 6.48. The van der Waals surface area contributed by atoms with Gasteiger partial charge in [0.15, 0.2) is 0 Å². The van der Waals surface area contributed by atoms with Crippen molar-refractivity contribution in [3.63, 3.8) is 0 Å². The van der Waals surface area contributed by atoms with Crippen LogP contribution in [-0.4, -0.2) is 16.0 Å². The standard InChI is InChI=1S/C18H19F2NO2S/c1-18(2,3)12-8-10-13(11-9-12)24(4,23)21-17(22)16-14(19)6-5-7-15(16)20/h5-11H,4H2,1-3H3,(H,21,22,23). The second-order valence-corrected chi connectivity index (χ2v) is 8.50. The molecule has 0 spiro atoms. The average Bonchev–Trinajstić information content (AvgIpc) is 2.45. The van der Waals surface area contributed by atoms with Gasteiger partial charge in [-0.3, -0.25) is 9.52 Å². The van der Waals surface area contributed by atoms with Crippen molar-refractivity contribution < 1.29 is 17.8 Å². The molecule has 3 nitrogen and oxygen atoms in total. The van der Waals surface area contributed by atoms with Gasteiger partial charge in [0, 0.05) is 4.90 Å². The highest BCUT2D eigenvalue weighted by Gasteiger charge is 2.21. The van der Waals surface area contributed by atoms with E-state index in [0.29, 0.717) is 0 Å². The van der Waals surface area contributed by atoms with Gasteiger partial charge in [-0.1, -0.05) is 39.0 Å². The predicted octanol–water partition coefficient (Wildman–Crippen LogP) is 3.68. The van der Waals surface area contributed by atoms with E-state index < -0.39 is 32.8 Å². The molecule has 2 aromatic rings. The van der Waals surface area contributed by atoms with E-state index in [-0.39, 0.29) is 10.3 Å². The number of nitrogens with one attached hydrogen (secondary N) is 1. The first-order valence-electron chi connectivity index (χ1n) is 7.26. The minimum Gasteiger partial charge on any atom is -0.275 e. The van der Waals surface area contributed by atoms with E-state index in [1.165, 1.54) is 0 Å². The average molecular weight is 351 g/mol. The third kappa shape index (κ3) is 3.82. The van der Waals surface area contributed by atoms with Gasteiger partial charge in [-0.05, 0) is 41.1 Å². The molecule has 0 saturated carbocycles. The third-order valence-electron chi connectivity index (χ3n) is 3.55. The van der Waals surface area contributed by atoms with E-state index in [0.717, 1.165) is 23.8 Å². The zero-order chi connectivity index (χ0) is 18.1. The highest BCUT2D eigenvalue weighted by Crippen LogP contribution is 2.23. The van der Waals surface area contributed by atoms with Crippen molar-refractivity contribution in [3.8, 4) is 0 Å². The Morgan fingerprint density at radius 1 is 1.04 bits per heavy atom. The zero-order valence-electron chi connectivity index (χ0n) is 13.7. The highest BCUT2D eigenvalue weighted by atomic mass is 32.2. The zero-order valence-corrected chi connectivity index (χ0v) is 14.5. The van der Waals surface area contributed by atoms with Crippen LogP contribution >= 0.6 is 0 Å². The van der Waals surface area contributed by atoms with Crippen LogP contribution in [0, 0.1) is 11.6 Å². The Kier molecular flexibility index (Phi) is 4.80. The van der Waals surface area contributed by atoms with Crippen molar-refractivity contribution in [1.82, 2.24) is 4.72 Å². The summed E-state index contributed by atoms with van der Waals surface area (Å²) in [6.45, 7) is 6.10. The van der Waals surface area contributed by atoms with Gasteiger partial charge < -0.3 is 0 Å². The summed E-state index contributed by atoms with van der Waals surface area (Å²) in [6, 6.07) is 9.82. The molecule has 0 aromatic heterocycles. The lowest BCUT2D eigenvalue weighted by atomic mass is 9.87. The number of hydrogen-bond donors (Lipinski definition) is 1. The molecule has 1 unspecified atom stereocenters. The van der Waals surface area contributed by atoms with Gasteiger partial charge in [0.25, 0.3) is 5.91 Å². The predicted molar refractivity (Wildman–Crippen MR) is 92.5 cm³/mol. The van der Waals surface area contributed by atoms with Crippen LogP contribution in [0.2, 0.25) is 0 Å². The Morgan fingerprint density at radius 2 is 1.54 bits per heavy atom. The first kappa shape index (κ1) is 18.1. The fourth-order valence-corrected chi connectivity index (χ4v) is 3.24. The minimum absolute atomic E-state index is 0.0832. The first-order valence-corrected chi connectivity index (χ1v) is 8.99. The third-order valence-corrected chi connectivity index (χ3v) is 5.10. The number of carbonyl (C=O) groups excluding carboxylic acids is 1. The van der Waals surface area contributed by atoms with Crippen LogP contribution in [0.1, 0.15) is 36.7 Å². The monoisotopic (exact) mass is 351 g/mol. The minimum atomic E-state index is -3.24. The normalized spacial score (nSPS) is 14.0. The molecule has 2 aromatic carbocycles. The summed E-state index contributed by atoms with van der Waals surface area (Å²) in [5.41, 5.74) is 0.160. The number of rotatable bonds is 3. The highest BCUT2D eigenvalue weighted by molar-refractivity contribution is 7.99. The fraction of sp³-hybridized carbons (Fsp3) is 0.222. The van der Waals surface area contributed by atoms with Crippen molar-refractivity contribution in [1.29, 1.82) is 0 Å². The van der Waals surface area contributed by atoms with E-state index in [9.17, 15) is 17.8 Å². The van der Waals surface area contributed by atoms with Gasteiger partial charge in [0.05, 0.1) is 9.71 Å². The molecule has 128 valence electrons. The summed E-state index contributed by atoms with van der Waals surface area (Å²) in [5, 5.41) is 0. The number of carbonyl (C=O) groups is 1. The summed E-state index contributed by atoms with van der Waals surface area (Å²) < 4.78 is 42.1. The van der Waals surface area contributed by atoms with Crippen LogP contribution in [0.4, 0.5) is 8.78 Å². The van der Waals surface area contributed by atoms with Gasteiger partial charge >= 0.3 is 0 Å². The van der Waals surface area contributed by atoms with Crippen LogP contribution in [0.25, 0.3) is 0 Å². The molecule has 0 aliphatic heterocycles. The van der Waals surface area contributed by atoms with Crippen LogP contribution in [-0.2, 0) is 15.1 Å². The summed E-state index contributed by atoms with van der Waals surface area (Å²) >= 11 is 0. The van der Waals surface area contributed by atoms with Gasteiger partial charge in [0.2, 0.25) is 0 Å². The van der Waals surface area contributed by atoms with Crippen LogP contribution in [0.3, 0.4) is 0 Å². The number of halogens is 2. The first-order chi connectivity index (χ1) is 11.0. The van der Waals surface area contributed by atoms with Crippen molar-refractivity contribution in [3.05, 3.63) is 65.2 Å². The second kappa shape index (κ2) is 6.36. The van der Waals surface area contributed by atoms with Gasteiger partial charge in [0.1, 0.15) is 17.2 Å². The van der Waals surface area contributed by atoms with Crippen LogP contribution in [0.15, 0.2) is 47.4 Å². The fourth-order valence-electron chi connectivity index (χ4n) is 2.15. The van der Waals surface area contributed by atoms with Crippen molar-refractivity contribution >= 4 is 21.5 Å². The molecule has 0 fully saturated rings. The molecule has 1 N–H and O–H groups in total. The Morgan fingerprint density at radius 3 is 2.00 bits per heavy atom. The van der Waals surface area contributed by atoms with E-state index in [1.54, 1.807) is 24.3 Å². The molecule has 1 atom stereocenters. The lowest BCUT2D eigenvalue weighted by Crippen LogP contribution is -2.31. The summed E-state index contributed by atoms with van der Waals surface area (Å²) in [4.78, 5) is 12.4. The Balaban J connectivity index is 2.30. The molecule has 2 rings (SSSR count). The molecule has 0 aliphatic rings. The van der Waals surface area contributed by atoms with Crippen molar-refractivity contribution in [2.45, 2.75) is 31.1 Å².